The van der Waals surface area contributed by atoms with E-state index in [1.165, 1.54) is 0 Å². The minimum atomic E-state index is 0.577. The smallest absolute Gasteiger partial charge is 0.227 e. The van der Waals surface area contributed by atoms with Gasteiger partial charge in [-0.1, -0.05) is 0 Å². The van der Waals surface area contributed by atoms with Crippen LogP contribution in [0.25, 0.3) is 0 Å². The van der Waals surface area contributed by atoms with Gasteiger partial charge < -0.3 is 10.1 Å². The van der Waals surface area contributed by atoms with Crippen molar-refractivity contribution >= 4 is 5.82 Å². The number of anilines is 1. The van der Waals surface area contributed by atoms with Crippen LogP contribution >= 0.6 is 0 Å². The quantitative estimate of drug-likeness (QED) is 0.929. The van der Waals surface area contributed by atoms with Crippen molar-refractivity contribution in [2.75, 3.05) is 11.9 Å². The molecule has 0 aliphatic heterocycles. The van der Waals surface area contributed by atoms with E-state index in [0.29, 0.717) is 11.7 Å². The maximum absolute atomic E-state index is 5.98. The van der Waals surface area contributed by atoms with E-state index in [2.05, 4.69) is 20.4 Å². The summed E-state index contributed by atoms with van der Waals surface area (Å²) in [5, 5.41) is 7.58. The molecule has 0 spiro atoms. The van der Waals surface area contributed by atoms with Gasteiger partial charge >= 0.3 is 0 Å². The molecule has 20 heavy (non-hydrogen) atoms. The van der Waals surface area contributed by atoms with Gasteiger partial charge in [-0.15, -0.1) is 0 Å². The Morgan fingerprint density at radius 3 is 2.40 bits per heavy atom. The number of rotatable bonds is 4. The average Bonchev–Trinajstić information content (AvgIpc) is 2.62. The van der Waals surface area contributed by atoms with Crippen molar-refractivity contribution in [3.63, 3.8) is 0 Å². The van der Waals surface area contributed by atoms with Crippen LogP contribution in [-0.4, -0.2) is 26.3 Å². The third-order valence-electron chi connectivity index (χ3n) is 3.20. The molecule has 2 heterocycles. The number of aryl methyl sites for hydroxylation is 3. The van der Waals surface area contributed by atoms with Gasteiger partial charge in [0.1, 0.15) is 17.3 Å². The second-order valence-electron chi connectivity index (χ2n) is 4.81. The Morgan fingerprint density at radius 1 is 1.15 bits per heavy atom. The molecule has 2 rings (SSSR count). The Kier molecular flexibility index (Phi) is 3.92. The van der Waals surface area contributed by atoms with Crippen LogP contribution in [0.1, 0.15) is 29.7 Å². The molecule has 6 nitrogen and oxygen atoms in total. The fraction of sp³-hybridized carbons (Fsp3) is 0.500. The highest BCUT2D eigenvalue weighted by atomic mass is 16.5. The third kappa shape index (κ3) is 2.59. The molecule has 0 bridgehead atoms. The number of nitrogens with zero attached hydrogens (tertiary/aromatic N) is 4. The zero-order valence-corrected chi connectivity index (χ0v) is 12.9. The average molecular weight is 275 g/mol. The Bertz CT molecular complexity index is 633. The molecule has 2 aromatic heterocycles. The van der Waals surface area contributed by atoms with Crippen LogP contribution in [0.15, 0.2) is 0 Å². The van der Waals surface area contributed by atoms with Crippen molar-refractivity contribution in [1.82, 2.24) is 19.7 Å². The molecule has 0 saturated heterocycles. The molecule has 0 unspecified atom stereocenters. The summed E-state index contributed by atoms with van der Waals surface area (Å²) < 4.78 is 7.79. The van der Waals surface area contributed by atoms with Gasteiger partial charge in [0.05, 0.1) is 11.3 Å². The number of hydrogen-bond donors (Lipinski definition) is 1. The molecule has 0 aliphatic carbocycles. The largest absolute Gasteiger partial charge is 0.435 e. The van der Waals surface area contributed by atoms with E-state index in [1.54, 1.807) is 4.68 Å². The first-order valence-corrected chi connectivity index (χ1v) is 6.71. The Morgan fingerprint density at radius 2 is 1.85 bits per heavy atom. The summed E-state index contributed by atoms with van der Waals surface area (Å²) in [5.74, 6) is 2.83. The molecule has 0 radical (unpaired) electrons. The minimum absolute atomic E-state index is 0.577. The van der Waals surface area contributed by atoms with Gasteiger partial charge in [-0.2, -0.15) is 10.1 Å². The second kappa shape index (κ2) is 5.48. The molecule has 0 saturated carbocycles. The highest BCUT2D eigenvalue weighted by molar-refractivity contribution is 5.50. The predicted molar refractivity (Wildman–Crippen MR) is 78.4 cm³/mol. The molecule has 6 heteroatoms. The number of nitrogens with one attached hydrogen (secondary N) is 1. The lowest BCUT2D eigenvalue weighted by atomic mass is 10.3. The molecule has 0 amide bonds. The van der Waals surface area contributed by atoms with Crippen molar-refractivity contribution in [2.45, 2.75) is 34.6 Å². The highest BCUT2D eigenvalue weighted by Crippen LogP contribution is 2.30. The SMILES string of the molecule is CCNc1nc(C)nc(Oc2c(C)nn(C)c2C)c1C. The predicted octanol–water partition coefficient (Wildman–Crippen LogP) is 2.67. The Balaban J connectivity index is 2.43. The first-order chi connectivity index (χ1) is 9.43. The van der Waals surface area contributed by atoms with Crippen LogP contribution in [0, 0.1) is 27.7 Å². The molecule has 108 valence electrons. The van der Waals surface area contributed by atoms with Crippen LogP contribution in [-0.2, 0) is 7.05 Å². The fourth-order valence-electron chi connectivity index (χ4n) is 2.04. The van der Waals surface area contributed by atoms with E-state index in [0.717, 1.165) is 35.1 Å². The van der Waals surface area contributed by atoms with Gasteiger partial charge in [-0.05, 0) is 34.6 Å². The number of ether oxygens (including phenoxy) is 1. The van der Waals surface area contributed by atoms with E-state index in [9.17, 15) is 0 Å². The number of hydrogen-bond acceptors (Lipinski definition) is 5. The van der Waals surface area contributed by atoms with Gasteiger partial charge in [0.2, 0.25) is 5.88 Å². The zero-order chi connectivity index (χ0) is 14.9. The topological polar surface area (TPSA) is 64.9 Å². The monoisotopic (exact) mass is 275 g/mol. The van der Waals surface area contributed by atoms with E-state index >= 15 is 0 Å². The molecule has 0 atom stereocenters. The van der Waals surface area contributed by atoms with E-state index in [-0.39, 0.29) is 0 Å². The zero-order valence-electron chi connectivity index (χ0n) is 12.9. The van der Waals surface area contributed by atoms with Crippen molar-refractivity contribution in [3.05, 3.63) is 22.8 Å². The van der Waals surface area contributed by atoms with E-state index in [1.807, 2.05) is 41.7 Å². The van der Waals surface area contributed by atoms with Gasteiger partial charge in [-0.25, -0.2) is 4.98 Å². The van der Waals surface area contributed by atoms with Crippen LogP contribution < -0.4 is 10.1 Å². The molecule has 0 aromatic carbocycles. The van der Waals surface area contributed by atoms with Gasteiger partial charge in [0.15, 0.2) is 5.75 Å². The van der Waals surface area contributed by atoms with Gasteiger partial charge in [0, 0.05) is 13.6 Å². The highest BCUT2D eigenvalue weighted by Gasteiger charge is 2.16. The van der Waals surface area contributed by atoms with Gasteiger partial charge in [0.25, 0.3) is 0 Å². The normalized spacial score (nSPS) is 10.7. The summed E-state index contributed by atoms with van der Waals surface area (Å²) >= 11 is 0. The van der Waals surface area contributed by atoms with Crippen molar-refractivity contribution in [2.24, 2.45) is 7.05 Å². The second-order valence-corrected chi connectivity index (χ2v) is 4.81. The van der Waals surface area contributed by atoms with Gasteiger partial charge in [-0.3, -0.25) is 4.68 Å². The summed E-state index contributed by atoms with van der Waals surface area (Å²) in [7, 11) is 1.90. The molecular weight excluding hydrogens is 254 g/mol. The summed E-state index contributed by atoms with van der Waals surface area (Å²) in [6, 6.07) is 0. The Hall–Kier alpha value is -2.11. The van der Waals surface area contributed by atoms with Crippen LogP contribution in [0.3, 0.4) is 0 Å². The minimum Gasteiger partial charge on any atom is -0.435 e. The molecule has 0 aliphatic rings. The Labute approximate surface area is 119 Å². The lowest BCUT2D eigenvalue weighted by Gasteiger charge is -2.12. The van der Waals surface area contributed by atoms with Crippen LogP contribution in [0.4, 0.5) is 5.82 Å². The van der Waals surface area contributed by atoms with Crippen LogP contribution in [0.2, 0.25) is 0 Å². The third-order valence-corrected chi connectivity index (χ3v) is 3.20. The maximum atomic E-state index is 5.98. The number of aromatic nitrogens is 4. The van der Waals surface area contributed by atoms with Crippen molar-refractivity contribution in [1.29, 1.82) is 0 Å². The molecule has 2 aromatic rings. The van der Waals surface area contributed by atoms with Crippen LogP contribution in [0.5, 0.6) is 11.6 Å². The maximum Gasteiger partial charge on any atom is 0.227 e. The first kappa shape index (κ1) is 14.3. The molecular formula is C14H21N5O. The van der Waals surface area contributed by atoms with Crippen molar-refractivity contribution < 1.29 is 4.74 Å². The standard InChI is InChI=1S/C14H21N5O/c1-7-15-13-8(2)14(17-11(5)16-13)20-12-9(3)18-19(6)10(12)4/h7H2,1-6H3,(H,15,16,17). The van der Waals surface area contributed by atoms with E-state index < -0.39 is 0 Å². The summed E-state index contributed by atoms with van der Waals surface area (Å²) in [4.78, 5) is 8.78. The van der Waals surface area contributed by atoms with Crippen molar-refractivity contribution in [3.8, 4) is 11.6 Å². The lowest BCUT2D eigenvalue weighted by Crippen LogP contribution is -2.06. The fourth-order valence-corrected chi connectivity index (χ4v) is 2.04. The summed E-state index contributed by atoms with van der Waals surface area (Å²) in [6.45, 7) is 10.6. The van der Waals surface area contributed by atoms with E-state index in [4.69, 9.17) is 4.74 Å². The molecule has 1 N–H and O–H groups in total. The lowest BCUT2D eigenvalue weighted by molar-refractivity contribution is 0.448. The molecule has 0 fully saturated rings. The summed E-state index contributed by atoms with van der Waals surface area (Å²) in [5.41, 5.74) is 2.73. The first-order valence-electron chi connectivity index (χ1n) is 6.71. The summed E-state index contributed by atoms with van der Waals surface area (Å²) in [6.07, 6.45) is 0.